The molecule has 0 saturated carbocycles. The second kappa shape index (κ2) is 8.73. The standard InChI is InChI=1S/C19H21Cl2N3O2/c20-17-6-5-15(9-18(17)21)23-19(26)22-10-13-1-3-14(4-2-13)11-24-8-7-16(25)12-24/h1-6,9,16,25H,7-8,10-12H2,(H2,22,23,26). The highest BCUT2D eigenvalue weighted by Crippen LogP contribution is 2.24. The molecule has 0 radical (unpaired) electrons. The zero-order valence-corrected chi connectivity index (χ0v) is 15.7. The lowest BCUT2D eigenvalue weighted by molar-refractivity contribution is 0.175. The Labute approximate surface area is 162 Å². The highest BCUT2D eigenvalue weighted by Gasteiger charge is 2.19. The first-order chi connectivity index (χ1) is 12.5. The van der Waals surface area contributed by atoms with Crippen molar-refractivity contribution >= 4 is 34.9 Å². The molecule has 0 bridgehead atoms. The van der Waals surface area contributed by atoms with Crippen LogP contribution in [0, 0.1) is 0 Å². The number of nitrogens with one attached hydrogen (secondary N) is 2. The van der Waals surface area contributed by atoms with Crippen molar-refractivity contribution in [1.82, 2.24) is 10.2 Å². The van der Waals surface area contributed by atoms with Crippen LogP contribution in [0.1, 0.15) is 17.5 Å². The van der Waals surface area contributed by atoms with Crippen LogP contribution in [-0.4, -0.2) is 35.2 Å². The number of nitrogens with zero attached hydrogens (tertiary/aromatic N) is 1. The van der Waals surface area contributed by atoms with E-state index in [9.17, 15) is 9.90 Å². The molecule has 3 N–H and O–H groups in total. The van der Waals surface area contributed by atoms with Crippen LogP contribution in [-0.2, 0) is 13.1 Å². The molecule has 7 heteroatoms. The second-order valence-electron chi connectivity index (χ2n) is 6.43. The Bertz CT molecular complexity index is 768. The average molecular weight is 394 g/mol. The van der Waals surface area contributed by atoms with Crippen molar-refractivity contribution in [1.29, 1.82) is 0 Å². The molecule has 1 saturated heterocycles. The number of carbonyl (C=O) groups excluding carboxylic acids is 1. The number of urea groups is 1. The number of benzene rings is 2. The monoisotopic (exact) mass is 393 g/mol. The van der Waals surface area contributed by atoms with E-state index in [-0.39, 0.29) is 12.1 Å². The van der Waals surface area contributed by atoms with E-state index >= 15 is 0 Å². The number of amides is 2. The molecule has 0 spiro atoms. The second-order valence-corrected chi connectivity index (χ2v) is 7.25. The maximum atomic E-state index is 12.0. The van der Waals surface area contributed by atoms with Crippen molar-refractivity contribution in [2.75, 3.05) is 18.4 Å². The number of β-amino-alcohol motifs (C(OH)–C–C–N with tert-alkyl or cyclic N) is 1. The van der Waals surface area contributed by atoms with E-state index in [1.165, 1.54) is 5.56 Å². The van der Waals surface area contributed by atoms with Crippen molar-refractivity contribution in [3.63, 3.8) is 0 Å². The van der Waals surface area contributed by atoms with Crippen molar-refractivity contribution in [2.24, 2.45) is 0 Å². The molecular formula is C19H21Cl2N3O2. The van der Waals surface area contributed by atoms with E-state index in [0.29, 0.717) is 22.3 Å². The van der Waals surface area contributed by atoms with Gasteiger partial charge in [-0.05, 0) is 35.7 Å². The summed E-state index contributed by atoms with van der Waals surface area (Å²) in [5, 5.41) is 15.9. The third-order valence-electron chi connectivity index (χ3n) is 4.31. The largest absolute Gasteiger partial charge is 0.392 e. The van der Waals surface area contributed by atoms with Gasteiger partial charge in [0.25, 0.3) is 0 Å². The molecule has 2 amide bonds. The minimum atomic E-state index is -0.307. The van der Waals surface area contributed by atoms with Crippen LogP contribution in [0.15, 0.2) is 42.5 Å². The smallest absolute Gasteiger partial charge is 0.319 e. The zero-order chi connectivity index (χ0) is 18.5. The Hall–Kier alpha value is -1.79. The Balaban J connectivity index is 1.46. The van der Waals surface area contributed by atoms with Crippen molar-refractivity contribution < 1.29 is 9.90 Å². The van der Waals surface area contributed by atoms with Crippen LogP contribution in [0.3, 0.4) is 0 Å². The summed E-state index contributed by atoms with van der Waals surface area (Å²) in [7, 11) is 0. The number of aliphatic hydroxyl groups excluding tert-OH is 1. The first kappa shape index (κ1) is 19.0. The van der Waals surface area contributed by atoms with E-state index < -0.39 is 0 Å². The molecule has 1 fully saturated rings. The quantitative estimate of drug-likeness (QED) is 0.721. The SMILES string of the molecule is O=C(NCc1ccc(CN2CCC(O)C2)cc1)Nc1ccc(Cl)c(Cl)c1. The molecule has 0 aliphatic carbocycles. The molecule has 138 valence electrons. The minimum absolute atomic E-state index is 0.201. The van der Waals surface area contributed by atoms with E-state index in [4.69, 9.17) is 23.2 Å². The maximum absolute atomic E-state index is 12.0. The Morgan fingerprint density at radius 2 is 1.85 bits per heavy atom. The summed E-state index contributed by atoms with van der Waals surface area (Å²) in [5.74, 6) is 0. The molecule has 1 aliphatic rings. The van der Waals surface area contributed by atoms with Crippen LogP contribution < -0.4 is 10.6 Å². The van der Waals surface area contributed by atoms with E-state index in [1.54, 1.807) is 18.2 Å². The lowest BCUT2D eigenvalue weighted by Crippen LogP contribution is -2.28. The lowest BCUT2D eigenvalue weighted by atomic mass is 10.1. The molecule has 3 rings (SSSR count). The third-order valence-corrected chi connectivity index (χ3v) is 5.05. The first-order valence-electron chi connectivity index (χ1n) is 8.48. The fraction of sp³-hybridized carbons (Fsp3) is 0.316. The summed E-state index contributed by atoms with van der Waals surface area (Å²) < 4.78 is 0. The van der Waals surface area contributed by atoms with Crippen LogP contribution in [0.25, 0.3) is 0 Å². The Kier molecular flexibility index (Phi) is 6.38. The molecule has 0 aromatic heterocycles. The van der Waals surface area contributed by atoms with Gasteiger partial charge < -0.3 is 15.7 Å². The molecule has 1 heterocycles. The molecule has 26 heavy (non-hydrogen) atoms. The fourth-order valence-electron chi connectivity index (χ4n) is 2.91. The van der Waals surface area contributed by atoms with Crippen LogP contribution in [0.2, 0.25) is 10.0 Å². The number of anilines is 1. The average Bonchev–Trinajstić information content (AvgIpc) is 3.02. The fourth-order valence-corrected chi connectivity index (χ4v) is 3.21. The molecule has 1 unspecified atom stereocenters. The van der Waals surface area contributed by atoms with Crippen LogP contribution in [0.5, 0.6) is 0 Å². The van der Waals surface area contributed by atoms with Gasteiger partial charge in [0, 0.05) is 31.9 Å². The molecule has 2 aromatic rings. The number of hydrogen-bond donors (Lipinski definition) is 3. The van der Waals surface area contributed by atoms with Gasteiger partial charge in [-0.15, -0.1) is 0 Å². The molecule has 5 nitrogen and oxygen atoms in total. The number of rotatable bonds is 5. The van der Waals surface area contributed by atoms with Gasteiger partial charge >= 0.3 is 6.03 Å². The highest BCUT2D eigenvalue weighted by atomic mass is 35.5. The number of likely N-dealkylation sites (tertiary alicyclic amines) is 1. The summed E-state index contributed by atoms with van der Waals surface area (Å²) in [6.45, 7) is 2.93. The van der Waals surface area contributed by atoms with Gasteiger partial charge in [-0.25, -0.2) is 4.79 Å². The van der Waals surface area contributed by atoms with Crippen molar-refractivity contribution in [2.45, 2.75) is 25.6 Å². The predicted molar refractivity (Wildman–Crippen MR) is 105 cm³/mol. The summed E-state index contributed by atoms with van der Waals surface area (Å²) in [4.78, 5) is 14.2. The van der Waals surface area contributed by atoms with Gasteiger partial charge in [-0.1, -0.05) is 47.5 Å². The van der Waals surface area contributed by atoms with Gasteiger partial charge in [0.05, 0.1) is 16.1 Å². The summed E-state index contributed by atoms with van der Waals surface area (Å²) in [6.07, 6.45) is 0.642. The number of halogens is 2. The van der Waals surface area contributed by atoms with Gasteiger partial charge in [-0.2, -0.15) is 0 Å². The summed E-state index contributed by atoms with van der Waals surface area (Å²) in [5.41, 5.74) is 2.79. The van der Waals surface area contributed by atoms with Crippen LogP contribution in [0.4, 0.5) is 10.5 Å². The number of aliphatic hydroxyl groups is 1. The molecule has 2 aromatic carbocycles. The number of carbonyl (C=O) groups is 1. The topological polar surface area (TPSA) is 64.6 Å². The summed E-state index contributed by atoms with van der Waals surface area (Å²) in [6, 6.07) is 12.7. The number of hydrogen-bond acceptors (Lipinski definition) is 3. The normalized spacial score (nSPS) is 17.3. The Morgan fingerprint density at radius 1 is 1.12 bits per heavy atom. The van der Waals surface area contributed by atoms with Crippen molar-refractivity contribution in [3.8, 4) is 0 Å². The lowest BCUT2D eigenvalue weighted by Gasteiger charge is -2.15. The molecule has 1 aliphatic heterocycles. The third kappa shape index (κ3) is 5.35. The first-order valence-corrected chi connectivity index (χ1v) is 9.23. The molecular weight excluding hydrogens is 373 g/mol. The zero-order valence-electron chi connectivity index (χ0n) is 14.2. The van der Waals surface area contributed by atoms with Gasteiger partial charge in [0.2, 0.25) is 0 Å². The van der Waals surface area contributed by atoms with Crippen molar-refractivity contribution in [3.05, 3.63) is 63.6 Å². The van der Waals surface area contributed by atoms with Crippen LogP contribution >= 0.6 is 23.2 Å². The van der Waals surface area contributed by atoms with Gasteiger partial charge in [-0.3, -0.25) is 4.90 Å². The predicted octanol–water partition coefficient (Wildman–Crippen LogP) is 3.88. The highest BCUT2D eigenvalue weighted by molar-refractivity contribution is 6.42. The minimum Gasteiger partial charge on any atom is -0.392 e. The maximum Gasteiger partial charge on any atom is 0.319 e. The van der Waals surface area contributed by atoms with E-state index in [1.807, 2.05) is 12.1 Å². The van der Waals surface area contributed by atoms with E-state index in [0.717, 1.165) is 31.6 Å². The van der Waals surface area contributed by atoms with Gasteiger partial charge in [0.15, 0.2) is 0 Å². The molecule has 1 atom stereocenters. The van der Waals surface area contributed by atoms with E-state index in [2.05, 4.69) is 27.7 Å². The summed E-state index contributed by atoms with van der Waals surface area (Å²) >= 11 is 11.8. The Morgan fingerprint density at radius 3 is 2.50 bits per heavy atom. The van der Waals surface area contributed by atoms with Gasteiger partial charge in [0.1, 0.15) is 0 Å².